The molecule has 0 amide bonds. The molecule has 1 atom stereocenters. The molecule has 58 valence electrons. The lowest BCUT2D eigenvalue weighted by Crippen LogP contribution is -2.30. The fourth-order valence-corrected chi connectivity index (χ4v) is 0.201. The van der Waals surface area contributed by atoms with Gasteiger partial charge in [-0.25, -0.2) is 0 Å². The van der Waals surface area contributed by atoms with Crippen LogP contribution in [0.2, 0.25) is 0 Å². The Kier molecular flexibility index (Phi) is 1.51. The molecule has 0 aromatic rings. The molecule has 0 heterocycles. The van der Waals surface area contributed by atoms with Crippen molar-refractivity contribution in [3.05, 3.63) is 0 Å². The SMILES string of the molecule is [2H]C([2H])(C(=O)O)C([2H])([2H])C(N)C(=O)O. The Hall–Kier alpha value is -1.10. The number of carbonyl (C=O) groups is 2. The summed E-state index contributed by atoms with van der Waals surface area (Å²) < 4.78 is 27.7. The summed E-state index contributed by atoms with van der Waals surface area (Å²) in [4.78, 5) is 20.6. The number of aliphatic carboxylic acids is 2. The molecule has 0 aromatic carbocycles. The molecule has 0 aliphatic heterocycles. The van der Waals surface area contributed by atoms with Gasteiger partial charge in [0.15, 0.2) is 0 Å². The van der Waals surface area contributed by atoms with Crippen LogP contribution in [0.3, 0.4) is 0 Å². The van der Waals surface area contributed by atoms with Crippen molar-refractivity contribution in [2.45, 2.75) is 18.8 Å². The third-order valence-corrected chi connectivity index (χ3v) is 0.601. The van der Waals surface area contributed by atoms with Crippen LogP contribution in [0.1, 0.15) is 18.2 Å². The molecule has 0 radical (unpaired) electrons. The highest BCUT2D eigenvalue weighted by molar-refractivity contribution is 5.74. The first-order chi connectivity index (χ1) is 6.05. The topological polar surface area (TPSA) is 101 Å². The van der Waals surface area contributed by atoms with Crippen LogP contribution in [-0.2, 0) is 9.59 Å². The summed E-state index contributed by atoms with van der Waals surface area (Å²) >= 11 is 0. The molecule has 0 aliphatic rings. The van der Waals surface area contributed by atoms with E-state index in [9.17, 15) is 9.59 Å². The molecular weight excluding hydrogens is 138 g/mol. The number of rotatable bonds is 4. The molecule has 0 aromatic heterocycles. The maximum absolute atomic E-state index is 10.3. The van der Waals surface area contributed by atoms with E-state index in [0.717, 1.165) is 0 Å². The van der Waals surface area contributed by atoms with Crippen LogP contribution < -0.4 is 5.73 Å². The van der Waals surface area contributed by atoms with Crippen LogP contribution in [-0.4, -0.2) is 28.2 Å². The second-order valence-electron chi connectivity index (χ2n) is 1.39. The van der Waals surface area contributed by atoms with E-state index in [2.05, 4.69) is 0 Å². The van der Waals surface area contributed by atoms with Crippen molar-refractivity contribution in [2.75, 3.05) is 0 Å². The Bertz CT molecular complexity index is 266. The van der Waals surface area contributed by atoms with Crippen LogP contribution in [0.25, 0.3) is 0 Å². The maximum Gasteiger partial charge on any atom is 0.320 e. The van der Waals surface area contributed by atoms with E-state index in [4.69, 9.17) is 21.4 Å². The molecule has 0 spiro atoms. The van der Waals surface area contributed by atoms with Gasteiger partial charge in [0.25, 0.3) is 0 Å². The van der Waals surface area contributed by atoms with Crippen molar-refractivity contribution in [2.24, 2.45) is 5.73 Å². The molecule has 4 N–H and O–H groups in total. The lowest BCUT2D eigenvalue weighted by Gasteiger charge is -2.01. The van der Waals surface area contributed by atoms with E-state index in [1.165, 1.54) is 0 Å². The zero-order valence-electron chi connectivity index (χ0n) is 8.87. The molecule has 10 heavy (non-hydrogen) atoms. The maximum atomic E-state index is 10.3. The number of carboxylic acids is 2. The zero-order chi connectivity index (χ0) is 11.7. The van der Waals surface area contributed by atoms with Gasteiger partial charge >= 0.3 is 11.9 Å². The third kappa shape index (κ3) is 3.85. The van der Waals surface area contributed by atoms with Crippen molar-refractivity contribution >= 4 is 11.9 Å². The van der Waals surface area contributed by atoms with Crippen molar-refractivity contribution < 1.29 is 25.3 Å². The van der Waals surface area contributed by atoms with Crippen molar-refractivity contribution in [3.63, 3.8) is 0 Å². The van der Waals surface area contributed by atoms with Crippen molar-refractivity contribution in [1.82, 2.24) is 0 Å². The first kappa shape index (κ1) is 3.92. The minimum atomic E-state index is -3.36. The molecule has 0 aliphatic carbocycles. The molecule has 0 saturated heterocycles. The number of hydrogen-bond donors (Lipinski definition) is 3. The highest BCUT2D eigenvalue weighted by atomic mass is 16.4. The first-order valence-corrected chi connectivity index (χ1v) is 2.27. The van der Waals surface area contributed by atoms with Gasteiger partial charge in [-0.1, -0.05) is 0 Å². The van der Waals surface area contributed by atoms with E-state index in [-0.39, 0.29) is 0 Å². The van der Waals surface area contributed by atoms with Crippen LogP contribution in [0.15, 0.2) is 0 Å². The summed E-state index contributed by atoms with van der Waals surface area (Å²) in [6.45, 7) is 0. The minimum Gasteiger partial charge on any atom is -0.481 e. The van der Waals surface area contributed by atoms with Gasteiger partial charge in [0, 0.05) is 11.9 Å². The Morgan fingerprint density at radius 2 is 2.10 bits per heavy atom. The van der Waals surface area contributed by atoms with E-state index in [0.29, 0.717) is 0 Å². The van der Waals surface area contributed by atoms with E-state index in [1.54, 1.807) is 0 Å². The van der Waals surface area contributed by atoms with Gasteiger partial charge in [-0.3, -0.25) is 9.59 Å². The van der Waals surface area contributed by atoms with Crippen molar-refractivity contribution in [1.29, 1.82) is 0 Å². The number of hydrogen-bond acceptors (Lipinski definition) is 3. The third-order valence-electron chi connectivity index (χ3n) is 0.601. The number of carboxylic acid groups (broad SMARTS) is 2. The predicted octanol–water partition coefficient (Wildman–Crippen LogP) is -0.737. The van der Waals surface area contributed by atoms with Gasteiger partial charge in [-0.15, -0.1) is 0 Å². The second kappa shape index (κ2) is 3.84. The van der Waals surface area contributed by atoms with Crippen LogP contribution in [0, 0.1) is 0 Å². The molecular formula is C5H9NO4. The monoisotopic (exact) mass is 151 g/mol. The highest BCUT2D eigenvalue weighted by Gasteiger charge is 2.12. The molecule has 5 heteroatoms. The molecule has 0 rings (SSSR count). The van der Waals surface area contributed by atoms with E-state index < -0.39 is 30.7 Å². The lowest BCUT2D eigenvalue weighted by molar-refractivity contribution is -0.139. The van der Waals surface area contributed by atoms with E-state index >= 15 is 0 Å². The van der Waals surface area contributed by atoms with Crippen LogP contribution in [0.5, 0.6) is 0 Å². The Morgan fingerprint density at radius 1 is 1.60 bits per heavy atom. The standard InChI is InChI=1S/C5H9NO4/c6-3(5(9)10)1-2-4(7)8/h3H,1-2,6H2,(H,7,8)(H,9,10)/i1D2,2D2. The number of nitrogens with two attached hydrogens (primary N) is 1. The van der Waals surface area contributed by atoms with Gasteiger partial charge in [0.2, 0.25) is 0 Å². The van der Waals surface area contributed by atoms with Gasteiger partial charge < -0.3 is 15.9 Å². The average Bonchev–Trinajstić information content (AvgIpc) is 2.01. The normalized spacial score (nSPS) is 21.3. The molecule has 0 saturated carbocycles. The van der Waals surface area contributed by atoms with Gasteiger partial charge in [-0.2, -0.15) is 0 Å². The zero-order valence-corrected chi connectivity index (χ0v) is 4.87. The summed E-state index contributed by atoms with van der Waals surface area (Å²) in [5.41, 5.74) is 4.84. The fraction of sp³-hybridized carbons (Fsp3) is 0.600. The quantitative estimate of drug-likeness (QED) is 0.491. The van der Waals surface area contributed by atoms with Gasteiger partial charge in [0.05, 0.1) is 0 Å². The lowest BCUT2D eigenvalue weighted by atomic mass is 10.2. The Labute approximate surface area is 63.1 Å². The molecule has 0 fully saturated rings. The van der Waals surface area contributed by atoms with Crippen molar-refractivity contribution in [3.8, 4) is 0 Å². The summed E-state index contributed by atoms with van der Waals surface area (Å²) in [5.74, 6) is -3.90. The summed E-state index contributed by atoms with van der Waals surface area (Å²) in [7, 11) is 0. The largest absolute Gasteiger partial charge is 0.481 e. The van der Waals surface area contributed by atoms with E-state index in [1.807, 2.05) is 0 Å². The predicted molar refractivity (Wildman–Crippen MR) is 32.5 cm³/mol. The Balaban J connectivity index is 5.13. The summed E-state index contributed by atoms with van der Waals surface area (Å²) in [6, 6.07) is -2.24. The fourth-order valence-electron chi connectivity index (χ4n) is 0.201. The van der Waals surface area contributed by atoms with Gasteiger partial charge in [0.1, 0.15) is 6.04 Å². The smallest absolute Gasteiger partial charge is 0.320 e. The molecule has 5 nitrogen and oxygen atoms in total. The highest BCUT2D eigenvalue weighted by Crippen LogP contribution is 1.93. The molecule has 0 bridgehead atoms. The average molecular weight is 151 g/mol. The summed E-state index contributed by atoms with van der Waals surface area (Å²) in [6.07, 6.45) is -6.55. The second-order valence-corrected chi connectivity index (χ2v) is 1.39. The van der Waals surface area contributed by atoms with Gasteiger partial charge in [-0.05, 0) is 6.37 Å². The summed E-state index contributed by atoms with van der Waals surface area (Å²) in [5, 5.41) is 16.7. The van der Waals surface area contributed by atoms with Crippen LogP contribution >= 0.6 is 0 Å². The minimum absolute atomic E-state index is 1.81. The van der Waals surface area contributed by atoms with Crippen LogP contribution in [0.4, 0.5) is 0 Å². The first-order valence-electron chi connectivity index (χ1n) is 4.27. The Morgan fingerprint density at radius 3 is 2.40 bits per heavy atom. The molecule has 1 unspecified atom stereocenters.